The maximum Gasteiger partial charge on any atom is 0.0678 e. The molecule has 3 unspecified atom stereocenters. The third-order valence-corrected chi connectivity index (χ3v) is 7.34. The Bertz CT molecular complexity index is 476. The number of rotatable bonds is 16. The van der Waals surface area contributed by atoms with Crippen LogP contribution in [0.25, 0.3) is 0 Å². The molecule has 0 aromatic carbocycles. The fourth-order valence-electron chi connectivity index (χ4n) is 3.23. The molecule has 0 bridgehead atoms. The van der Waals surface area contributed by atoms with Crippen molar-refractivity contribution < 1.29 is 18.9 Å². The maximum atomic E-state index is 6.34. The summed E-state index contributed by atoms with van der Waals surface area (Å²) < 4.78 is 24.1. The van der Waals surface area contributed by atoms with Gasteiger partial charge in [0.1, 0.15) is 0 Å². The molecule has 0 saturated carbocycles. The van der Waals surface area contributed by atoms with E-state index in [1.54, 1.807) is 7.11 Å². The fraction of sp³-hybridized carbons (Fsp3) is 1.00. The van der Waals surface area contributed by atoms with Crippen molar-refractivity contribution in [1.82, 2.24) is 0 Å². The van der Waals surface area contributed by atoms with E-state index in [4.69, 9.17) is 18.9 Å². The van der Waals surface area contributed by atoms with Crippen molar-refractivity contribution in [2.45, 2.75) is 132 Å². The van der Waals surface area contributed by atoms with Crippen LogP contribution in [0.15, 0.2) is 0 Å². The van der Waals surface area contributed by atoms with E-state index in [9.17, 15) is 0 Å². The van der Waals surface area contributed by atoms with Crippen LogP contribution in [-0.2, 0) is 18.9 Å². The predicted molar refractivity (Wildman–Crippen MR) is 133 cm³/mol. The van der Waals surface area contributed by atoms with Crippen LogP contribution in [0.5, 0.6) is 0 Å². The van der Waals surface area contributed by atoms with E-state index in [0.29, 0.717) is 11.8 Å². The van der Waals surface area contributed by atoms with Gasteiger partial charge in [0, 0.05) is 20.3 Å². The highest BCUT2D eigenvalue weighted by molar-refractivity contribution is 4.88. The van der Waals surface area contributed by atoms with E-state index >= 15 is 0 Å². The smallest absolute Gasteiger partial charge is 0.0678 e. The Kier molecular flexibility index (Phi) is 12.8. The van der Waals surface area contributed by atoms with Gasteiger partial charge in [0.25, 0.3) is 0 Å². The molecule has 3 atom stereocenters. The number of hydrogen-bond donors (Lipinski definition) is 0. The second kappa shape index (κ2) is 12.9. The second-order valence-corrected chi connectivity index (χ2v) is 12.2. The van der Waals surface area contributed by atoms with E-state index in [0.717, 1.165) is 45.5 Å². The Morgan fingerprint density at radius 3 is 1.81 bits per heavy atom. The Balaban J connectivity index is 4.38. The third-order valence-electron chi connectivity index (χ3n) is 7.34. The molecular weight excluding hydrogens is 388 g/mol. The number of ether oxygens (including phenoxy) is 4. The average molecular weight is 445 g/mol. The van der Waals surface area contributed by atoms with Gasteiger partial charge in [-0.2, -0.15) is 0 Å². The lowest BCUT2D eigenvalue weighted by Crippen LogP contribution is -2.43. The zero-order valence-electron chi connectivity index (χ0n) is 23.3. The van der Waals surface area contributed by atoms with Crippen LogP contribution >= 0.6 is 0 Å². The summed E-state index contributed by atoms with van der Waals surface area (Å²) in [6.45, 7) is 28.6. The summed E-state index contributed by atoms with van der Waals surface area (Å²) in [5.41, 5.74) is -0.303. The first-order valence-corrected chi connectivity index (χ1v) is 12.4. The quantitative estimate of drug-likeness (QED) is 0.234. The predicted octanol–water partition coefficient (Wildman–Crippen LogP) is 7.29. The zero-order valence-corrected chi connectivity index (χ0v) is 23.3. The van der Waals surface area contributed by atoms with Crippen LogP contribution in [0.1, 0.15) is 109 Å². The molecule has 0 spiro atoms. The van der Waals surface area contributed by atoms with Crippen molar-refractivity contribution in [3.63, 3.8) is 0 Å². The summed E-state index contributed by atoms with van der Waals surface area (Å²) in [5, 5.41) is 0. The zero-order chi connectivity index (χ0) is 24.5. The average Bonchev–Trinajstić information content (AvgIpc) is 2.64. The summed E-state index contributed by atoms with van der Waals surface area (Å²) in [6, 6.07) is 0. The highest BCUT2D eigenvalue weighted by atomic mass is 16.5. The van der Waals surface area contributed by atoms with Crippen LogP contribution in [0, 0.1) is 17.3 Å². The first-order valence-electron chi connectivity index (χ1n) is 12.4. The summed E-state index contributed by atoms with van der Waals surface area (Å²) in [4.78, 5) is 0. The topological polar surface area (TPSA) is 36.9 Å². The van der Waals surface area contributed by atoms with Gasteiger partial charge in [-0.05, 0) is 98.3 Å². The molecular formula is C27H56O4. The van der Waals surface area contributed by atoms with E-state index in [1.165, 1.54) is 0 Å². The molecule has 0 aromatic heterocycles. The van der Waals surface area contributed by atoms with E-state index in [2.05, 4.69) is 83.1 Å². The molecule has 0 N–H and O–H groups in total. The SMILES string of the molecule is COC(C)(C)CCCCOC(C)(C)C(C)(C)CCOC(C)C(C)C(C)COC(C)(C)C. The maximum absolute atomic E-state index is 6.34. The Morgan fingerprint density at radius 1 is 0.710 bits per heavy atom. The first kappa shape index (κ1) is 30.8. The Labute approximate surface area is 195 Å². The van der Waals surface area contributed by atoms with Crippen LogP contribution < -0.4 is 0 Å². The lowest BCUT2D eigenvalue weighted by atomic mass is 9.74. The molecule has 0 fully saturated rings. The third kappa shape index (κ3) is 12.6. The van der Waals surface area contributed by atoms with E-state index < -0.39 is 0 Å². The van der Waals surface area contributed by atoms with Crippen molar-refractivity contribution >= 4 is 0 Å². The highest BCUT2D eigenvalue weighted by Gasteiger charge is 2.37. The number of methoxy groups -OCH3 is 1. The van der Waals surface area contributed by atoms with E-state index in [-0.39, 0.29) is 28.3 Å². The lowest BCUT2D eigenvalue weighted by molar-refractivity contribution is -0.114. The minimum atomic E-state index is -0.199. The molecule has 4 heteroatoms. The fourth-order valence-corrected chi connectivity index (χ4v) is 3.23. The van der Waals surface area contributed by atoms with Gasteiger partial charge in [0.05, 0.1) is 29.5 Å². The van der Waals surface area contributed by atoms with Crippen molar-refractivity contribution in [1.29, 1.82) is 0 Å². The normalized spacial score (nSPS) is 16.9. The standard InChI is InChI=1S/C27H56O4/c1-21(20-31-24(4,5)6)22(2)23(3)29-19-17-25(7,8)27(11,12)30-18-15-14-16-26(9,10)28-13/h21-23H,14-20H2,1-13H3. The van der Waals surface area contributed by atoms with Gasteiger partial charge in [0.15, 0.2) is 0 Å². The lowest BCUT2D eigenvalue weighted by Gasteiger charge is -2.42. The molecule has 0 aliphatic heterocycles. The Hall–Kier alpha value is -0.160. The molecule has 0 amide bonds. The van der Waals surface area contributed by atoms with Gasteiger partial charge >= 0.3 is 0 Å². The molecule has 0 aromatic rings. The van der Waals surface area contributed by atoms with Crippen molar-refractivity contribution in [2.75, 3.05) is 26.9 Å². The van der Waals surface area contributed by atoms with Crippen LogP contribution in [-0.4, -0.2) is 49.8 Å². The van der Waals surface area contributed by atoms with Crippen molar-refractivity contribution in [3.8, 4) is 0 Å². The van der Waals surface area contributed by atoms with Crippen LogP contribution in [0.3, 0.4) is 0 Å². The Morgan fingerprint density at radius 2 is 1.29 bits per heavy atom. The number of hydrogen-bond acceptors (Lipinski definition) is 4. The molecule has 0 saturated heterocycles. The van der Waals surface area contributed by atoms with Gasteiger partial charge in [-0.25, -0.2) is 0 Å². The minimum Gasteiger partial charge on any atom is -0.379 e. The second-order valence-electron chi connectivity index (χ2n) is 12.2. The molecule has 31 heavy (non-hydrogen) atoms. The van der Waals surface area contributed by atoms with E-state index in [1.807, 2.05) is 0 Å². The first-order chi connectivity index (χ1) is 13.9. The van der Waals surface area contributed by atoms with Crippen molar-refractivity contribution in [3.05, 3.63) is 0 Å². The van der Waals surface area contributed by atoms with Gasteiger partial charge in [0.2, 0.25) is 0 Å². The molecule has 4 nitrogen and oxygen atoms in total. The monoisotopic (exact) mass is 444 g/mol. The molecule has 0 aliphatic carbocycles. The van der Waals surface area contributed by atoms with Gasteiger partial charge in [-0.3, -0.25) is 0 Å². The molecule has 0 rings (SSSR count). The van der Waals surface area contributed by atoms with Crippen LogP contribution in [0.4, 0.5) is 0 Å². The summed E-state index contributed by atoms with van der Waals surface area (Å²) in [7, 11) is 1.78. The highest BCUT2D eigenvalue weighted by Crippen LogP contribution is 2.37. The van der Waals surface area contributed by atoms with Crippen molar-refractivity contribution in [2.24, 2.45) is 17.3 Å². The molecule has 0 radical (unpaired) electrons. The largest absolute Gasteiger partial charge is 0.379 e. The molecule has 188 valence electrons. The minimum absolute atomic E-state index is 0.0305. The van der Waals surface area contributed by atoms with Gasteiger partial charge in [-0.15, -0.1) is 0 Å². The van der Waals surface area contributed by atoms with Gasteiger partial charge < -0.3 is 18.9 Å². The summed E-state index contributed by atoms with van der Waals surface area (Å²) >= 11 is 0. The summed E-state index contributed by atoms with van der Waals surface area (Å²) in [5.74, 6) is 0.913. The summed E-state index contributed by atoms with van der Waals surface area (Å²) in [6.07, 6.45) is 4.42. The molecule has 0 heterocycles. The van der Waals surface area contributed by atoms with Gasteiger partial charge in [-0.1, -0.05) is 27.7 Å². The number of unbranched alkanes of at least 4 members (excludes halogenated alkanes) is 1. The van der Waals surface area contributed by atoms with Crippen LogP contribution in [0.2, 0.25) is 0 Å². The molecule has 0 aliphatic rings.